The zero-order chi connectivity index (χ0) is 22.5. The number of para-hydroxylation sites is 1. The highest BCUT2D eigenvalue weighted by atomic mass is 35.5. The van der Waals surface area contributed by atoms with E-state index in [4.69, 9.17) is 16.3 Å². The number of esters is 1. The molecule has 0 N–H and O–H groups in total. The van der Waals surface area contributed by atoms with Gasteiger partial charge in [-0.05, 0) is 23.8 Å². The number of anilines is 2. The smallest absolute Gasteiger partial charge is 0.341 e. The molecule has 1 amide bonds. The molecule has 0 saturated carbocycles. The maximum absolute atomic E-state index is 12.4. The molecule has 4 rings (SSSR count). The lowest BCUT2D eigenvalue weighted by Crippen LogP contribution is -2.22. The molecule has 0 aliphatic rings. The van der Waals surface area contributed by atoms with Crippen LogP contribution >= 0.6 is 22.9 Å². The summed E-state index contributed by atoms with van der Waals surface area (Å²) in [5.74, 6) is -0.656. The number of carbonyl (C=O) groups excluding carboxylic acids is 2. The number of rotatable bonds is 7. The van der Waals surface area contributed by atoms with Crippen LogP contribution in [0.25, 0.3) is 0 Å². The number of hydrogen-bond donors (Lipinski definition) is 0. The van der Waals surface area contributed by atoms with Gasteiger partial charge < -0.3 is 4.74 Å². The number of thiazole rings is 1. The zero-order valence-corrected chi connectivity index (χ0v) is 18.7. The molecule has 0 aliphatic carbocycles. The minimum atomic E-state index is -0.503. The van der Waals surface area contributed by atoms with Gasteiger partial charge in [0.2, 0.25) is 5.91 Å². The van der Waals surface area contributed by atoms with Gasteiger partial charge in [0.25, 0.3) is 0 Å². The number of halogens is 1. The summed E-state index contributed by atoms with van der Waals surface area (Å²) in [6, 6.07) is 16.7. The third kappa shape index (κ3) is 5.04. The molecule has 0 bridgehead atoms. The van der Waals surface area contributed by atoms with E-state index in [0.29, 0.717) is 28.0 Å². The summed E-state index contributed by atoms with van der Waals surface area (Å²) in [4.78, 5) is 30.6. The topological polar surface area (TPSA) is 77.3 Å². The van der Waals surface area contributed by atoms with Crippen LogP contribution in [0.1, 0.15) is 28.5 Å². The summed E-state index contributed by atoms with van der Waals surface area (Å²) in [5.41, 5.74) is 2.52. The molecule has 2 aromatic carbocycles. The van der Waals surface area contributed by atoms with Crippen molar-refractivity contribution in [2.45, 2.75) is 20.1 Å². The Bertz CT molecular complexity index is 1240. The van der Waals surface area contributed by atoms with Gasteiger partial charge in [0, 0.05) is 23.5 Å². The van der Waals surface area contributed by atoms with Gasteiger partial charge in [-0.3, -0.25) is 14.4 Å². The molecule has 0 unspecified atom stereocenters. The second kappa shape index (κ2) is 9.76. The Morgan fingerprint density at radius 2 is 1.88 bits per heavy atom. The summed E-state index contributed by atoms with van der Waals surface area (Å²) < 4.78 is 7.01. The molecule has 0 saturated heterocycles. The monoisotopic (exact) mass is 466 g/mol. The molecule has 2 aromatic heterocycles. The molecule has 0 radical (unpaired) electrons. The van der Waals surface area contributed by atoms with Crippen molar-refractivity contribution in [3.63, 3.8) is 0 Å². The van der Waals surface area contributed by atoms with Gasteiger partial charge in [-0.25, -0.2) is 9.78 Å². The van der Waals surface area contributed by atoms with E-state index in [0.717, 1.165) is 11.3 Å². The molecular formula is C23H19ClN4O3S. The normalized spacial score (nSPS) is 10.7. The Kier molecular flexibility index (Phi) is 6.63. The standard InChI is InChI=1S/C23H19ClN4O3S/c1-16(29)28(20-8-3-2-4-9-20)23-26-19(15-32-23)14-31-22(30)18-11-25-27(13-18)12-17-7-5-6-10-21(17)24/h2-11,13,15H,12,14H2,1H3. The van der Waals surface area contributed by atoms with E-state index in [2.05, 4.69) is 10.1 Å². The maximum Gasteiger partial charge on any atom is 0.341 e. The Labute approximate surface area is 193 Å². The molecule has 162 valence electrons. The quantitative estimate of drug-likeness (QED) is 0.355. The predicted molar refractivity (Wildman–Crippen MR) is 123 cm³/mol. The van der Waals surface area contributed by atoms with Gasteiger partial charge in [-0.1, -0.05) is 48.0 Å². The van der Waals surface area contributed by atoms with Crippen LogP contribution in [0.2, 0.25) is 5.02 Å². The molecule has 9 heteroatoms. The molecular weight excluding hydrogens is 448 g/mol. The fourth-order valence-corrected chi connectivity index (χ4v) is 4.12. The Morgan fingerprint density at radius 3 is 2.62 bits per heavy atom. The first-order valence-electron chi connectivity index (χ1n) is 9.74. The largest absolute Gasteiger partial charge is 0.455 e. The maximum atomic E-state index is 12.4. The van der Waals surface area contributed by atoms with E-state index in [9.17, 15) is 9.59 Å². The second-order valence-electron chi connectivity index (χ2n) is 6.91. The predicted octanol–water partition coefficient (Wildman–Crippen LogP) is 5.08. The van der Waals surface area contributed by atoms with Crippen LogP contribution in [0.5, 0.6) is 0 Å². The van der Waals surface area contributed by atoms with Crippen LogP contribution in [0.3, 0.4) is 0 Å². The third-order valence-electron chi connectivity index (χ3n) is 4.57. The van der Waals surface area contributed by atoms with Gasteiger partial charge in [0.05, 0.1) is 29.7 Å². The summed E-state index contributed by atoms with van der Waals surface area (Å²) in [6.07, 6.45) is 3.07. The van der Waals surface area contributed by atoms with Crippen LogP contribution in [0, 0.1) is 0 Å². The molecule has 7 nitrogen and oxygen atoms in total. The minimum absolute atomic E-state index is 0.00837. The third-order valence-corrected chi connectivity index (χ3v) is 5.81. The molecule has 0 spiro atoms. The highest BCUT2D eigenvalue weighted by Crippen LogP contribution is 2.29. The highest BCUT2D eigenvalue weighted by molar-refractivity contribution is 7.14. The highest BCUT2D eigenvalue weighted by Gasteiger charge is 2.18. The van der Waals surface area contributed by atoms with Crippen LogP contribution in [0.4, 0.5) is 10.8 Å². The Hall–Kier alpha value is -3.49. The first-order valence-corrected chi connectivity index (χ1v) is 11.0. The van der Waals surface area contributed by atoms with Crippen molar-refractivity contribution in [2.75, 3.05) is 4.90 Å². The van der Waals surface area contributed by atoms with Crippen molar-refractivity contribution in [3.05, 3.63) is 94.2 Å². The lowest BCUT2D eigenvalue weighted by Gasteiger charge is -2.17. The summed E-state index contributed by atoms with van der Waals surface area (Å²) in [6.45, 7) is 1.92. The first-order chi connectivity index (χ1) is 15.5. The first kappa shape index (κ1) is 21.7. The number of benzene rings is 2. The van der Waals surface area contributed by atoms with Crippen LogP contribution in [-0.2, 0) is 22.7 Å². The van der Waals surface area contributed by atoms with E-state index < -0.39 is 5.97 Å². The van der Waals surface area contributed by atoms with Crippen molar-refractivity contribution in [1.29, 1.82) is 0 Å². The lowest BCUT2D eigenvalue weighted by molar-refractivity contribution is -0.115. The zero-order valence-electron chi connectivity index (χ0n) is 17.1. The minimum Gasteiger partial charge on any atom is -0.455 e. The van der Waals surface area contributed by atoms with Gasteiger partial charge in [-0.15, -0.1) is 11.3 Å². The van der Waals surface area contributed by atoms with E-state index in [1.54, 1.807) is 16.3 Å². The van der Waals surface area contributed by atoms with Gasteiger partial charge in [0.1, 0.15) is 6.61 Å². The number of aromatic nitrogens is 3. The molecule has 0 atom stereocenters. The fourth-order valence-electron chi connectivity index (χ4n) is 3.05. The van der Waals surface area contributed by atoms with Crippen LogP contribution < -0.4 is 4.90 Å². The Balaban J connectivity index is 1.39. The molecule has 32 heavy (non-hydrogen) atoms. The van der Waals surface area contributed by atoms with E-state index in [1.165, 1.54) is 29.4 Å². The number of ether oxygens (including phenoxy) is 1. The molecule has 0 aliphatic heterocycles. The number of hydrogen-bond acceptors (Lipinski definition) is 6. The van der Waals surface area contributed by atoms with Crippen molar-refractivity contribution in [3.8, 4) is 0 Å². The summed E-state index contributed by atoms with van der Waals surface area (Å²) in [5, 5.41) is 7.13. The van der Waals surface area contributed by atoms with Crippen molar-refractivity contribution in [2.24, 2.45) is 0 Å². The van der Waals surface area contributed by atoms with Crippen LogP contribution in [-0.4, -0.2) is 26.6 Å². The average Bonchev–Trinajstić information content (AvgIpc) is 3.44. The number of amides is 1. The van der Waals surface area contributed by atoms with Crippen molar-refractivity contribution >= 4 is 45.6 Å². The molecule has 2 heterocycles. The molecule has 0 fully saturated rings. The van der Waals surface area contributed by atoms with Crippen LogP contribution in [0.15, 0.2) is 72.4 Å². The number of carbonyl (C=O) groups is 2. The fraction of sp³-hybridized carbons (Fsp3) is 0.130. The van der Waals surface area contributed by atoms with Crippen molar-refractivity contribution < 1.29 is 14.3 Å². The van der Waals surface area contributed by atoms with Gasteiger partial charge >= 0.3 is 5.97 Å². The van der Waals surface area contributed by atoms with E-state index >= 15 is 0 Å². The lowest BCUT2D eigenvalue weighted by atomic mass is 10.2. The molecule has 4 aromatic rings. The van der Waals surface area contributed by atoms with E-state index in [1.807, 2.05) is 54.6 Å². The van der Waals surface area contributed by atoms with E-state index in [-0.39, 0.29) is 12.5 Å². The van der Waals surface area contributed by atoms with Gasteiger partial charge in [0.15, 0.2) is 5.13 Å². The Morgan fingerprint density at radius 1 is 1.12 bits per heavy atom. The SMILES string of the molecule is CC(=O)N(c1ccccc1)c1nc(COC(=O)c2cnn(Cc3ccccc3Cl)c2)cs1. The average molecular weight is 467 g/mol. The number of nitrogens with zero attached hydrogens (tertiary/aromatic N) is 4. The van der Waals surface area contributed by atoms with Gasteiger partial charge in [-0.2, -0.15) is 5.10 Å². The summed E-state index contributed by atoms with van der Waals surface area (Å²) >= 11 is 7.49. The second-order valence-corrected chi connectivity index (χ2v) is 8.15. The summed E-state index contributed by atoms with van der Waals surface area (Å²) in [7, 11) is 0. The van der Waals surface area contributed by atoms with Crippen molar-refractivity contribution in [1.82, 2.24) is 14.8 Å².